The first-order valence-corrected chi connectivity index (χ1v) is 9.16. The minimum absolute atomic E-state index is 0.419. The number of halogens is 1. The minimum atomic E-state index is 0.419. The van der Waals surface area contributed by atoms with Gasteiger partial charge >= 0.3 is 0 Å². The molecule has 106 valence electrons. The third-order valence-electron chi connectivity index (χ3n) is 4.61. The zero-order valence-corrected chi connectivity index (χ0v) is 14.6. The zero-order chi connectivity index (χ0) is 14.6. The van der Waals surface area contributed by atoms with Crippen LogP contribution in [0.5, 0.6) is 0 Å². The molecule has 1 aromatic carbocycles. The molecule has 0 fully saturated rings. The van der Waals surface area contributed by atoms with Crippen LogP contribution in [-0.4, -0.2) is 4.16 Å². The highest BCUT2D eigenvalue weighted by molar-refractivity contribution is 9.11. The van der Waals surface area contributed by atoms with Gasteiger partial charge in [0.1, 0.15) is 0 Å². The normalized spacial score (nSPS) is 22.5. The molecule has 2 aliphatic carbocycles. The molecule has 0 nitrogen and oxygen atoms in total. The summed E-state index contributed by atoms with van der Waals surface area (Å²) in [6, 6.07) is 2.41. The van der Waals surface area contributed by atoms with E-state index in [1.807, 2.05) is 11.8 Å². The first kappa shape index (κ1) is 13.7. The van der Waals surface area contributed by atoms with Crippen LogP contribution in [0.25, 0.3) is 17.7 Å². The molecule has 4 rings (SSSR count). The van der Waals surface area contributed by atoms with Crippen molar-refractivity contribution in [1.82, 2.24) is 0 Å². The van der Waals surface area contributed by atoms with Crippen LogP contribution in [0.1, 0.15) is 24.5 Å². The summed E-state index contributed by atoms with van der Waals surface area (Å²) in [5.74, 6) is 0.561. The van der Waals surface area contributed by atoms with Gasteiger partial charge in [-0.3, -0.25) is 0 Å². The molecule has 0 amide bonds. The fourth-order valence-corrected chi connectivity index (χ4v) is 5.33. The van der Waals surface area contributed by atoms with Crippen molar-refractivity contribution in [3.8, 4) is 0 Å². The molecule has 2 heteroatoms. The number of benzene rings is 1. The van der Waals surface area contributed by atoms with Gasteiger partial charge in [0.25, 0.3) is 0 Å². The Morgan fingerprint density at radius 2 is 1.95 bits per heavy atom. The summed E-state index contributed by atoms with van der Waals surface area (Å²) in [5.41, 5.74) is 5.83. The lowest BCUT2D eigenvalue weighted by atomic mass is 9.96. The molecule has 0 saturated carbocycles. The van der Waals surface area contributed by atoms with Crippen LogP contribution in [-0.2, 0) is 0 Å². The van der Waals surface area contributed by atoms with E-state index >= 15 is 0 Å². The lowest BCUT2D eigenvalue weighted by molar-refractivity contribution is 0.854. The topological polar surface area (TPSA) is 0 Å². The molecule has 0 N–H and O–H groups in total. The van der Waals surface area contributed by atoms with Gasteiger partial charge in [0.15, 0.2) is 0 Å². The van der Waals surface area contributed by atoms with Crippen molar-refractivity contribution in [2.75, 3.05) is 0 Å². The fourth-order valence-electron chi connectivity index (χ4n) is 3.48. The Morgan fingerprint density at radius 1 is 1.19 bits per heavy atom. The van der Waals surface area contributed by atoms with E-state index in [4.69, 9.17) is 0 Å². The van der Waals surface area contributed by atoms with E-state index in [9.17, 15) is 0 Å². The monoisotopic (exact) mass is 356 g/mol. The highest BCUT2D eigenvalue weighted by Crippen LogP contribution is 2.34. The van der Waals surface area contributed by atoms with Crippen LogP contribution in [0.2, 0.25) is 0 Å². The number of thioether (sulfide) groups is 1. The smallest absolute Gasteiger partial charge is 0.0836 e. The third kappa shape index (κ3) is 2.20. The SMILES string of the molecule is CC1=Cc2c(C)c3c(cc2=C1CC1C=CC=C1)SC(Br)C=3. The fraction of sp³-hybridized carbons (Fsp3) is 0.263. The van der Waals surface area contributed by atoms with Crippen LogP contribution in [0.4, 0.5) is 0 Å². The van der Waals surface area contributed by atoms with Gasteiger partial charge in [-0.15, -0.1) is 11.8 Å². The largest absolute Gasteiger partial charge is 0.106 e. The van der Waals surface area contributed by atoms with Crippen LogP contribution in [0, 0.1) is 12.8 Å². The van der Waals surface area contributed by atoms with E-state index in [0.717, 1.165) is 6.42 Å². The molecule has 0 aromatic heterocycles. The Kier molecular flexibility index (Phi) is 3.27. The van der Waals surface area contributed by atoms with Crippen molar-refractivity contribution < 1.29 is 0 Å². The summed E-state index contributed by atoms with van der Waals surface area (Å²) in [5, 5.41) is 2.88. The Hall–Kier alpha value is -0.990. The van der Waals surface area contributed by atoms with E-state index in [2.05, 4.69) is 72.3 Å². The maximum atomic E-state index is 3.71. The first-order chi connectivity index (χ1) is 10.1. The molecule has 1 heterocycles. The molecular weight excluding hydrogens is 340 g/mol. The lowest BCUT2D eigenvalue weighted by Gasteiger charge is -2.09. The average molecular weight is 357 g/mol. The quantitative estimate of drug-likeness (QED) is 0.711. The summed E-state index contributed by atoms with van der Waals surface area (Å²) < 4.78 is 0.419. The van der Waals surface area contributed by atoms with Crippen molar-refractivity contribution >= 4 is 45.4 Å². The highest BCUT2D eigenvalue weighted by atomic mass is 79.9. The van der Waals surface area contributed by atoms with Crippen LogP contribution >= 0.6 is 27.7 Å². The highest BCUT2D eigenvalue weighted by Gasteiger charge is 2.21. The van der Waals surface area contributed by atoms with Crippen LogP contribution in [0.15, 0.2) is 40.8 Å². The summed E-state index contributed by atoms with van der Waals surface area (Å²) in [4.78, 5) is 1.42. The van der Waals surface area contributed by atoms with Crippen molar-refractivity contribution in [3.63, 3.8) is 0 Å². The van der Waals surface area contributed by atoms with Gasteiger partial charge in [0.05, 0.1) is 4.16 Å². The summed E-state index contributed by atoms with van der Waals surface area (Å²) >= 11 is 5.62. The predicted molar refractivity (Wildman–Crippen MR) is 96.9 cm³/mol. The van der Waals surface area contributed by atoms with E-state index < -0.39 is 0 Å². The molecular formula is C19H17BrS. The molecule has 3 aliphatic rings. The van der Waals surface area contributed by atoms with Crippen molar-refractivity contribution in [2.45, 2.75) is 29.3 Å². The van der Waals surface area contributed by atoms with Gasteiger partial charge in [-0.25, -0.2) is 0 Å². The Bertz CT molecular complexity index is 827. The van der Waals surface area contributed by atoms with Gasteiger partial charge in [-0.1, -0.05) is 52.4 Å². The molecule has 0 radical (unpaired) electrons. The minimum Gasteiger partial charge on any atom is -0.106 e. The molecule has 1 atom stereocenters. The molecule has 1 aromatic rings. The standard InChI is InChI=1S/C19H17BrS/c1-11-7-15-12(2)16-10-19(20)21-18(16)9-17(15)14(11)8-13-5-3-4-6-13/h3-7,9-10,13,19H,8H2,1-2H3. The summed E-state index contributed by atoms with van der Waals surface area (Å²) in [6.07, 6.45) is 14.8. The predicted octanol–water partition coefficient (Wildman–Crippen LogP) is 4.30. The number of fused-ring (bicyclic) bond motifs is 2. The Balaban J connectivity index is 1.90. The second-order valence-corrected chi connectivity index (χ2v) is 8.73. The number of allylic oxidation sites excluding steroid dienone is 5. The second kappa shape index (κ2) is 5.03. The van der Waals surface area contributed by atoms with Gasteiger partial charge < -0.3 is 0 Å². The number of hydrogen-bond acceptors (Lipinski definition) is 1. The second-order valence-electron chi connectivity index (χ2n) is 5.95. The average Bonchev–Trinajstić information content (AvgIpc) is 3.13. The number of alkyl halides is 1. The molecule has 0 saturated heterocycles. The van der Waals surface area contributed by atoms with Crippen molar-refractivity contribution in [3.05, 3.63) is 57.5 Å². The van der Waals surface area contributed by atoms with E-state index in [1.165, 1.54) is 37.6 Å². The summed E-state index contributed by atoms with van der Waals surface area (Å²) in [6.45, 7) is 4.52. The Labute approximate surface area is 138 Å². The van der Waals surface area contributed by atoms with Gasteiger partial charge in [-0.2, -0.15) is 0 Å². The number of hydrogen-bond donors (Lipinski definition) is 0. The first-order valence-electron chi connectivity index (χ1n) is 7.36. The van der Waals surface area contributed by atoms with E-state index in [1.54, 1.807) is 0 Å². The molecule has 1 aliphatic heterocycles. The van der Waals surface area contributed by atoms with Gasteiger partial charge in [-0.05, 0) is 65.0 Å². The maximum absolute atomic E-state index is 3.71. The maximum Gasteiger partial charge on any atom is 0.0836 e. The third-order valence-corrected chi connectivity index (χ3v) is 6.38. The molecule has 0 bridgehead atoms. The summed E-state index contributed by atoms with van der Waals surface area (Å²) in [7, 11) is 0. The van der Waals surface area contributed by atoms with E-state index in [-0.39, 0.29) is 0 Å². The van der Waals surface area contributed by atoms with Crippen LogP contribution < -0.4 is 10.4 Å². The van der Waals surface area contributed by atoms with Crippen molar-refractivity contribution in [2.24, 2.45) is 5.92 Å². The van der Waals surface area contributed by atoms with Crippen molar-refractivity contribution in [1.29, 1.82) is 0 Å². The van der Waals surface area contributed by atoms with E-state index in [0.29, 0.717) is 10.1 Å². The molecule has 0 spiro atoms. The molecule has 1 unspecified atom stereocenters. The lowest BCUT2D eigenvalue weighted by Crippen LogP contribution is -2.18. The zero-order valence-electron chi connectivity index (χ0n) is 12.2. The Morgan fingerprint density at radius 3 is 2.71 bits per heavy atom. The van der Waals surface area contributed by atoms with Gasteiger partial charge in [0.2, 0.25) is 0 Å². The molecule has 21 heavy (non-hydrogen) atoms. The van der Waals surface area contributed by atoms with Gasteiger partial charge in [0, 0.05) is 4.90 Å². The van der Waals surface area contributed by atoms with Crippen LogP contribution in [0.3, 0.4) is 0 Å². The number of rotatable bonds is 2.